The fraction of sp³-hybridized carbons (Fsp3) is 0.533. The number of rotatable bonds is 5. The zero-order valence-electron chi connectivity index (χ0n) is 13.5. The maximum absolute atomic E-state index is 12.8. The van der Waals surface area contributed by atoms with E-state index >= 15 is 0 Å². The number of aryl methyl sites for hydroxylation is 1. The summed E-state index contributed by atoms with van der Waals surface area (Å²) in [5.74, 6) is -0.471. The fourth-order valence-corrected chi connectivity index (χ4v) is 4.71. The Morgan fingerprint density at radius 3 is 2.79 bits per heavy atom. The molecule has 1 atom stereocenters. The van der Waals surface area contributed by atoms with Gasteiger partial charge in [-0.1, -0.05) is 11.6 Å². The highest BCUT2D eigenvalue weighted by molar-refractivity contribution is 7.89. The van der Waals surface area contributed by atoms with Gasteiger partial charge in [-0.05, 0) is 43.5 Å². The lowest BCUT2D eigenvalue weighted by Crippen LogP contribution is -2.46. The summed E-state index contributed by atoms with van der Waals surface area (Å²) in [5.41, 5.74) is 5.98. The summed E-state index contributed by atoms with van der Waals surface area (Å²) in [5, 5.41) is 3.23. The normalized spacial score (nSPS) is 18.7. The topological polar surface area (TPSA) is 92.5 Å². The summed E-state index contributed by atoms with van der Waals surface area (Å²) in [6.45, 7) is 3.10. The molecule has 1 heterocycles. The van der Waals surface area contributed by atoms with Crippen LogP contribution in [-0.4, -0.2) is 44.8 Å². The number of carbonyl (C=O) groups is 1. The first kappa shape index (κ1) is 21.2. The van der Waals surface area contributed by atoms with E-state index in [0.29, 0.717) is 43.1 Å². The minimum absolute atomic E-state index is 0. The third-order valence-corrected chi connectivity index (χ3v) is 6.21. The van der Waals surface area contributed by atoms with Crippen molar-refractivity contribution in [1.82, 2.24) is 9.62 Å². The van der Waals surface area contributed by atoms with Crippen molar-refractivity contribution in [3.8, 4) is 0 Å². The Morgan fingerprint density at radius 1 is 1.46 bits per heavy atom. The number of benzene rings is 1. The molecule has 0 radical (unpaired) electrons. The second-order valence-electron chi connectivity index (χ2n) is 5.69. The van der Waals surface area contributed by atoms with Gasteiger partial charge >= 0.3 is 0 Å². The van der Waals surface area contributed by atoms with Gasteiger partial charge in [0.25, 0.3) is 0 Å². The van der Waals surface area contributed by atoms with Crippen LogP contribution in [0.15, 0.2) is 23.1 Å². The molecule has 24 heavy (non-hydrogen) atoms. The number of nitrogens with one attached hydrogen (secondary N) is 1. The SMILES string of the molecule is Cc1cc(Cl)ccc1S(=O)(=O)N1CCCC(C(=O)NCCN)C1.Cl. The first-order chi connectivity index (χ1) is 10.9. The molecule has 1 aromatic rings. The predicted molar refractivity (Wildman–Crippen MR) is 97.0 cm³/mol. The lowest BCUT2D eigenvalue weighted by molar-refractivity contribution is -0.126. The van der Waals surface area contributed by atoms with Crippen molar-refractivity contribution in [2.45, 2.75) is 24.7 Å². The maximum atomic E-state index is 12.8. The Kier molecular flexibility index (Phi) is 7.95. The molecule has 6 nitrogen and oxygen atoms in total. The van der Waals surface area contributed by atoms with Crippen LogP contribution in [0.4, 0.5) is 0 Å². The standard InChI is InChI=1S/C15H22ClN3O3S.ClH/c1-11-9-13(16)4-5-14(11)23(21,22)19-8-2-3-12(10-19)15(20)18-7-6-17;/h4-5,9,12H,2-3,6-8,10,17H2,1H3,(H,18,20);1H. The van der Waals surface area contributed by atoms with Gasteiger partial charge in [-0.2, -0.15) is 4.31 Å². The molecule has 0 saturated carbocycles. The number of amides is 1. The van der Waals surface area contributed by atoms with Gasteiger partial charge in [-0.3, -0.25) is 4.79 Å². The molecule has 9 heteroatoms. The largest absolute Gasteiger partial charge is 0.355 e. The van der Waals surface area contributed by atoms with Crippen LogP contribution in [0.3, 0.4) is 0 Å². The van der Waals surface area contributed by atoms with Crippen molar-refractivity contribution in [3.05, 3.63) is 28.8 Å². The van der Waals surface area contributed by atoms with Gasteiger partial charge in [0.05, 0.1) is 10.8 Å². The van der Waals surface area contributed by atoms with E-state index < -0.39 is 10.0 Å². The van der Waals surface area contributed by atoms with Gasteiger partial charge in [0.2, 0.25) is 15.9 Å². The van der Waals surface area contributed by atoms with Gasteiger partial charge in [0, 0.05) is 31.2 Å². The van der Waals surface area contributed by atoms with Crippen LogP contribution in [0.5, 0.6) is 0 Å². The quantitative estimate of drug-likeness (QED) is 0.790. The molecule has 1 saturated heterocycles. The molecule has 0 aliphatic carbocycles. The van der Waals surface area contributed by atoms with Crippen molar-refractivity contribution in [2.24, 2.45) is 11.7 Å². The molecule has 0 spiro atoms. The molecule has 1 amide bonds. The van der Waals surface area contributed by atoms with E-state index in [0.717, 1.165) is 0 Å². The molecule has 1 aromatic carbocycles. The Hall–Kier alpha value is -0.860. The fourth-order valence-electron chi connectivity index (χ4n) is 2.76. The van der Waals surface area contributed by atoms with Crippen molar-refractivity contribution in [1.29, 1.82) is 0 Å². The third kappa shape index (κ3) is 4.83. The lowest BCUT2D eigenvalue weighted by Gasteiger charge is -2.31. The number of nitrogens with two attached hydrogens (primary N) is 1. The van der Waals surface area contributed by atoms with E-state index in [2.05, 4.69) is 5.32 Å². The number of nitrogens with zero attached hydrogens (tertiary/aromatic N) is 1. The van der Waals surface area contributed by atoms with E-state index in [1.165, 1.54) is 10.4 Å². The number of carbonyl (C=O) groups excluding carboxylic acids is 1. The van der Waals surface area contributed by atoms with Gasteiger partial charge in [-0.15, -0.1) is 12.4 Å². The van der Waals surface area contributed by atoms with Crippen molar-refractivity contribution < 1.29 is 13.2 Å². The lowest BCUT2D eigenvalue weighted by atomic mass is 9.99. The number of halogens is 2. The van der Waals surface area contributed by atoms with E-state index in [-0.39, 0.29) is 35.7 Å². The highest BCUT2D eigenvalue weighted by Crippen LogP contribution is 2.27. The molecular formula is C15H23Cl2N3O3S. The molecule has 1 unspecified atom stereocenters. The van der Waals surface area contributed by atoms with E-state index in [1.807, 2.05) is 0 Å². The molecule has 3 N–H and O–H groups in total. The van der Waals surface area contributed by atoms with Crippen LogP contribution in [0.1, 0.15) is 18.4 Å². The van der Waals surface area contributed by atoms with Crippen molar-refractivity contribution >= 4 is 39.9 Å². The first-order valence-corrected chi connectivity index (χ1v) is 9.42. The maximum Gasteiger partial charge on any atom is 0.243 e. The summed E-state index contributed by atoms with van der Waals surface area (Å²) < 4.78 is 27.1. The van der Waals surface area contributed by atoms with Gasteiger partial charge < -0.3 is 11.1 Å². The van der Waals surface area contributed by atoms with E-state index in [1.54, 1.807) is 19.1 Å². The van der Waals surface area contributed by atoms with Crippen LogP contribution in [0.2, 0.25) is 5.02 Å². The van der Waals surface area contributed by atoms with Crippen LogP contribution < -0.4 is 11.1 Å². The minimum Gasteiger partial charge on any atom is -0.355 e. The van der Waals surface area contributed by atoms with Crippen molar-refractivity contribution in [3.63, 3.8) is 0 Å². The summed E-state index contributed by atoms with van der Waals surface area (Å²) in [4.78, 5) is 12.3. The molecular weight excluding hydrogens is 373 g/mol. The molecule has 0 bridgehead atoms. The summed E-state index contributed by atoms with van der Waals surface area (Å²) >= 11 is 5.89. The molecule has 1 aliphatic rings. The van der Waals surface area contributed by atoms with Gasteiger partial charge in [-0.25, -0.2) is 8.42 Å². The molecule has 0 aromatic heterocycles. The van der Waals surface area contributed by atoms with Crippen LogP contribution >= 0.6 is 24.0 Å². The second-order valence-corrected chi connectivity index (χ2v) is 8.03. The Labute approximate surface area is 154 Å². The molecule has 136 valence electrons. The zero-order valence-corrected chi connectivity index (χ0v) is 15.9. The smallest absolute Gasteiger partial charge is 0.243 e. The monoisotopic (exact) mass is 395 g/mol. The zero-order chi connectivity index (χ0) is 17.0. The van der Waals surface area contributed by atoms with Crippen molar-refractivity contribution in [2.75, 3.05) is 26.2 Å². The average Bonchev–Trinajstić information content (AvgIpc) is 2.52. The van der Waals surface area contributed by atoms with Crippen LogP contribution in [-0.2, 0) is 14.8 Å². The Balaban J connectivity index is 0.00000288. The third-order valence-electron chi connectivity index (χ3n) is 3.95. The first-order valence-electron chi connectivity index (χ1n) is 7.60. The summed E-state index contributed by atoms with van der Waals surface area (Å²) in [7, 11) is -3.63. The summed E-state index contributed by atoms with van der Waals surface area (Å²) in [6, 6.07) is 4.71. The number of hydrogen-bond acceptors (Lipinski definition) is 4. The highest BCUT2D eigenvalue weighted by atomic mass is 35.5. The predicted octanol–water partition coefficient (Wildman–Crippen LogP) is 1.55. The van der Waals surface area contributed by atoms with E-state index in [4.69, 9.17) is 17.3 Å². The number of piperidine rings is 1. The highest BCUT2D eigenvalue weighted by Gasteiger charge is 2.33. The van der Waals surface area contributed by atoms with Gasteiger partial charge in [0.15, 0.2) is 0 Å². The van der Waals surface area contributed by atoms with Crippen LogP contribution in [0, 0.1) is 12.8 Å². The number of sulfonamides is 1. The average molecular weight is 396 g/mol. The minimum atomic E-state index is -3.63. The van der Waals surface area contributed by atoms with E-state index in [9.17, 15) is 13.2 Å². The second kappa shape index (κ2) is 9.01. The number of hydrogen-bond donors (Lipinski definition) is 2. The van der Waals surface area contributed by atoms with Gasteiger partial charge in [0.1, 0.15) is 0 Å². The Morgan fingerprint density at radius 2 is 2.17 bits per heavy atom. The molecule has 2 rings (SSSR count). The molecule has 1 aliphatic heterocycles. The Bertz CT molecular complexity index is 683. The summed E-state index contributed by atoms with van der Waals surface area (Å²) in [6.07, 6.45) is 1.34. The molecule has 1 fully saturated rings. The van der Waals surface area contributed by atoms with Crippen LogP contribution in [0.25, 0.3) is 0 Å².